The maximum Gasteiger partial charge on any atom is 0.416 e. The second kappa shape index (κ2) is 6.63. The van der Waals surface area contributed by atoms with E-state index in [4.69, 9.17) is 5.14 Å². The number of nitro benzene ring substituents is 1. The lowest BCUT2D eigenvalue weighted by molar-refractivity contribution is -0.385. The summed E-state index contributed by atoms with van der Waals surface area (Å²) in [6, 6.07) is 2.48. The number of hydrogen-bond acceptors (Lipinski definition) is 4. The summed E-state index contributed by atoms with van der Waals surface area (Å²) in [5.74, 6) is -0.437. The van der Waals surface area contributed by atoms with Crippen LogP contribution in [0.1, 0.15) is 37.3 Å². The van der Waals surface area contributed by atoms with Crippen LogP contribution >= 0.6 is 0 Å². The molecular weight excluding hydrogens is 309 g/mol. The molecule has 0 heterocycles. The van der Waals surface area contributed by atoms with E-state index < -0.39 is 44.9 Å². The van der Waals surface area contributed by atoms with Gasteiger partial charge in [-0.25, -0.2) is 0 Å². The number of halogens is 3. The second-order valence-electron chi connectivity index (χ2n) is 4.84. The van der Waals surface area contributed by atoms with Crippen LogP contribution in [-0.4, -0.2) is 14.7 Å². The Kier molecular flexibility index (Phi) is 5.60. The SMILES string of the molecule is CC(C[C@@H](C)c1cc([N+](=O)[O-])cc(C(F)(F)F)c1)[S+](N)[O-]. The Morgan fingerprint density at radius 2 is 1.90 bits per heavy atom. The van der Waals surface area contributed by atoms with Gasteiger partial charge in [-0.3, -0.25) is 10.1 Å². The molecular formula is C12H15F3N2O3S. The summed E-state index contributed by atoms with van der Waals surface area (Å²) in [4.78, 5) is 9.89. The maximum absolute atomic E-state index is 12.8. The first-order valence-corrected chi connectivity index (χ1v) is 7.31. The van der Waals surface area contributed by atoms with Crippen molar-refractivity contribution in [3.05, 3.63) is 39.4 Å². The molecule has 5 nitrogen and oxygen atoms in total. The Bertz CT molecular complexity index is 523. The van der Waals surface area contributed by atoms with Gasteiger partial charge in [-0.15, -0.1) is 0 Å². The highest BCUT2D eigenvalue weighted by Gasteiger charge is 2.33. The van der Waals surface area contributed by atoms with Gasteiger partial charge in [-0.2, -0.15) is 18.3 Å². The van der Waals surface area contributed by atoms with E-state index in [2.05, 4.69) is 0 Å². The van der Waals surface area contributed by atoms with Crippen molar-refractivity contribution in [2.75, 3.05) is 0 Å². The highest BCUT2D eigenvalue weighted by atomic mass is 32.2. The van der Waals surface area contributed by atoms with E-state index in [-0.39, 0.29) is 12.0 Å². The molecule has 0 spiro atoms. The molecule has 1 aromatic rings. The fourth-order valence-electron chi connectivity index (χ4n) is 1.92. The molecule has 0 aliphatic carbocycles. The molecule has 0 saturated carbocycles. The van der Waals surface area contributed by atoms with Gasteiger partial charge >= 0.3 is 6.18 Å². The molecule has 0 aliphatic heterocycles. The third-order valence-electron chi connectivity index (χ3n) is 3.13. The quantitative estimate of drug-likeness (QED) is 0.511. The second-order valence-corrected chi connectivity index (χ2v) is 6.31. The fraction of sp³-hybridized carbons (Fsp3) is 0.500. The monoisotopic (exact) mass is 324 g/mol. The summed E-state index contributed by atoms with van der Waals surface area (Å²) in [5, 5.41) is 15.6. The average Bonchev–Trinajstić information content (AvgIpc) is 2.36. The minimum atomic E-state index is -4.66. The predicted molar refractivity (Wildman–Crippen MR) is 72.9 cm³/mol. The molecule has 1 aromatic carbocycles. The molecule has 2 unspecified atom stereocenters. The van der Waals surface area contributed by atoms with Crippen LogP contribution in [0.2, 0.25) is 0 Å². The highest BCUT2D eigenvalue weighted by molar-refractivity contribution is 7.89. The number of nitrogens with zero attached hydrogens (tertiary/aromatic N) is 1. The predicted octanol–water partition coefficient (Wildman–Crippen LogP) is 3.12. The first-order chi connectivity index (χ1) is 9.52. The topological polar surface area (TPSA) is 92.2 Å². The molecule has 0 aliphatic rings. The van der Waals surface area contributed by atoms with Crippen LogP contribution in [0.25, 0.3) is 0 Å². The van der Waals surface area contributed by atoms with Crippen LogP contribution in [0.15, 0.2) is 18.2 Å². The van der Waals surface area contributed by atoms with Crippen molar-refractivity contribution >= 4 is 17.0 Å². The van der Waals surface area contributed by atoms with Gasteiger partial charge in [0.15, 0.2) is 0 Å². The van der Waals surface area contributed by atoms with Crippen molar-refractivity contribution in [1.82, 2.24) is 0 Å². The van der Waals surface area contributed by atoms with Gasteiger partial charge in [0, 0.05) is 29.9 Å². The Hall–Kier alpha value is -1.32. The number of alkyl halides is 3. The minimum absolute atomic E-state index is 0.175. The van der Waals surface area contributed by atoms with Crippen molar-refractivity contribution in [3.8, 4) is 0 Å². The zero-order valence-corrected chi connectivity index (χ0v) is 12.2. The van der Waals surface area contributed by atoms with E-state index >= 15 is 0 Å². The number of nitro groups is 1. The summed E-state index contributed by atoms with van der Waals surface area (Å²) in [6.45, 7) is 3.22. The van der Waals surface area contributed by atoms with Crippen LogP contribution in [0.3, 0.4) is 0 Å². The molecule has 0 saturated heterocycles. The summed E-state index contributed by atoms with van der Waals surface area (Å²) in [6.07, 6.45) is -4.40. The van der Waals surface area contributed by atoms with Gasteiger partial charge in [0.25, 0.3) is 5.69 Å². The van der Waals surface area contributed by atoms with E-state index in [1.54, 1.807) is 13.8 Å². The van der Waals surface area contributed by atoms with E-state index in [0.717, 1.165) is 12.1 Å². The minimum Gasteiger partial charge on any atom is -0.598 e. The van der Waals surface area contributed by atoms with Gasteiger partial charge in [-0.05, 0) is 24.5 Å². The summed E-state index contributed by atoms with van der Waals surface area (Å²) in [5.41, 5.74) is -1.51. The lowest BCUT2D eigenvalue weighted by atomic mass is 9.94. The van der Waals surface area contributed by atoms with Crippen molar-refractivity contribution < 1.29 is 22.6 Å². The molecule has 3 atom stereocenters. The first-order valence-electron chi connectivity index (χ1n) is 6.04. The number of hydrogen-bond donors (Lipinski definition) is 1. The molecule has 0 fully saturated rings. The molecule has 118 valence electrons. The number of non-ortho nitro benzene ring substituents is 1. The Morgan fingerprint density at radius 1 is 1.33 bits per heavy atom. The standard InChI is InChI=1S/C12H15F3N2O3S/c1-7(3-8(2)21(16)20)9-4-10(12(13,14)15)6-11(5-9)17(18)19/h4-8H,3,16H2,1-2H3/t7-,8?,21?/m1/s1. The van der Waals surface area contributed by atoms with Gasteiger partial charge in [-0.1, -0.05) is 6.92 Å². The molecule has 1 rings (SSSR count). The Morgan fingerprint density at radius 3 is 2.33 bits per heavy atom. The van der Waals surface area contributed by atoms with Crippen LogP contribution in [0.4, 0.5) is 18.9 Å². The lowest BCUT2D eigenvalue weighted by Gasteiger charge is -2.18. The third kappa shape index (κ3) is 4.87. The third-order valence-corrected chi connectivity index (χ3v) is 4.11. The first kappa shape index (κ1) is 17.7. The van der Waals surface area contributed by atoms with Crippen LogP contribution < -0.4 is 5.14 Å². The Labute approximate surface area is 122 Å². The highest BCUT2D eigenvalue weighted by Crippen LogP contribution is 2.35. The molecule has 0 aromatic heterocycles. The summed E-state index contributed by atoms with van der Waals surface area (Å²) >= 11 is -1.60. The largest absolute Gasteiger partial charge is 0.598 e. The van der Waals surface area contributed by atoms with Crippen LogP contribution in [0.5, 0.6) is 0 Å². The fourth-order valence-corrected chi connectivity index (χ4v) is 2.40. The van der Waals surface area contributed by atoms with E-state index in [9.17, 15) is 27.8 Å². The number of rotatable bonds is 5. The van der Waals surface area contributed by atoms with E-state index in [1.165, 1.54) is 0 Å². The average molecular weight is 324 g/mol. The van der Waals surface area contributed by atoms with Crippen molar-refractivity contribution in [3.63, 3.8) is 0 Å². The lowest BCUT2D eigenvalue weighted by Crippen LogP contribution is -2.27. The van der Waals surface area contributed by atoms with Crippen LogP contribution in [-0.2, 0) is 17.5 Å². The zero-order chi connectivity index (χ0) is 16.4. The summed E-state index contributed by atoms with van der Waals surface area (Å²) < 4.78 is 49.4. The van der Waals surface area contributed by atoms with Crippen molar-refractivity contribution in [2.45, 2.75) is 37.6 Å². The van der Waals surface area contributed by atoms with Gasteiger partial charge in [0.05, 0.1) is 10.5 Å². The van der Waals surface area contributed by atoms with E-state index in [0.29, 0.717) is 6.07 Å². The van der Waals surface area contributed by atoms with Crippen LogP contribution in [0, 0.1) is 10.1 Å². The van der Waals surface area contributed by atoms with Gasteiger partial charge in [0.2, 0.25) is 0 Å². The molecule has 0 radical (unpaired) electrons. The Balaban J connectivity index is 3.16. The zero-order valence-electron chi connectivity index (χ0n) is 11.4. The number of benzene rings is 1. The molecule has 9 heteroatoms. The summed E-state index contributed by atoms with van der Waals surface area (Å²) in [7, 11) is 0. The normalized spacial score (nSPS) is 16.3. The van der Waals surface area contributed by atoms with Gasteiger partial charge in [0.1, 0.15) is 5.25 Å². The number of nitrogens with two attached hydrogens (primary N) is 1. The molecule has 21 heavy (non-hydrogen) atoms. The maximum atomic E-state index is 12.8. The molecule has 0 amide bonds. The molecule has 0 bridgehead atoms. The van der Waals surface area contributed by atoms with Crippen molar-refractivity contribution in [1.29, 1.82) is 0 Å². The molecule has 2 N–H and O–H groups in total. The van der Waals surface area contributed by atoms with Gasteiger partial charge < -0.3 is 4.55 Å². The van der Waals surface area contributed by atoms with E-state index in [1.807, 2.05) is 0 Å². The van der Waals surface area contributed by atoms with Crippen molar-refractivity contribution in [2.24, 2.45) is 5.14 Å². The smallest absolute Gasteiger partial charge is 0.416 e.